The Labute approximate surface area is 126 Å². The smallest absolute Gasteiger partial charge is 0.0825 e. The maximum Gasteiger partial charge on any atom is 0.0825 e. The van der Waals surface area contributed by atoms with Gasteiger partial charge in [0.05, 0.1) is 29.3 Å². The van der Waals surface area contributed by atoms with E-state index in [0.29, 0.717) is 12.0 Å². The summed E-state index contributed by atoms with van der Waals surface area (Å²) >= 11 is 0. The number of rotatable bonds is 6. The molecule has 5 heteroatoms. The van der Waals surface area contributed by atoms with E-state index in [-0.39, 0.29) is 0 Å². The van der Waals surface area contributed by atoms with Crippen molar-refractivity contribution in [2.24, 2.45) is 0 Å². The molecule has 0 atom stereocenters. The molecular weight excluding hydrogens is 262 g/mol. The van der Waals surface area contributed by atoms with Gasteiger partial charge in [-0.15, -0.1) is 0 Å². The lowest BCUT2D eigenvalue weighted by molar-refractivity contribution is 0.507. The molecule has 1 saturated carbocycles. The molecule has 2 aromatic heterocycles. The predicted molar refractivity (Wildman–Crippen MR) is 84.6 cm³/mol. The van der Waals surface area contributed by atoms with Gasteiger partial charge in [-0.3, -0.25) is 9.36 Å². The first-order valence-corrected chi connectivity index (χ1v) is 7.94. The largest absolute Gasteiger partial charge is 0.377 e. The van der Waals surface area contributed by atoms with E-state index < -0.39 is 0 Å². The van der Waals surface area contributed by atoms with Gasteiger partial charge in [-0.05, 0) is 46.6 Å². The summed E-state index contributed by atoms with van der Waals surface area (Å²) in [7, 11) is 0. The molecule has 2 aromatic rings. The number of hydrogen-bond acceptors (Lipinski definition) is 3. The summed E-state index contributed by atoms with van der Waals surface area (Å²) in [5, 5.41) is 12.8. The number of nitrogens with one attached hydrogen (secondary N) is 1. The molecule has 0 aliphatic heterocycles. The summed E-state index contributed by atoms with van der Waals surface area (Å²) in [6, 6.07) is 2.67. The number of anilines is 1. The molecule has 0 bridgehead atoms. The standard InChI is InChI=1S/C16H25N5/c1-5-20-10-16(12(4)18-20)17-9-14-8-15(13-6-7-13)19-21(14)11(2)3/h8,10-11,13,17H,5-7,9H2,1-4H3. The first-order valence-electron chi connectivity index (χ1n) is 7.94. The van der Waals surface area contributed by atoms with Crippen LogP contribution in [0.3, 0.4) is 0 Å². The van der Waals surface area contributed by atoms with Crippen molar-refractivity contribution in [1.82, 2.24) is 19.6 Å². The summed E-state index contributed by atoms with van der Waals surface area (Å²) in [4.78, 5) is 0. The molecule has 0 unspecified atom stereocenters. The molecule has 2 heterocycles. The normalized spacial score (nSPS) is 14.9. The highest BCUT2D eigenvalue weighted by molar-refractivity contribution is 5.45. The second-order valence-electron chi connectivity index (χ2n) is 6.21. The molecule has 0 aromatic carbocycles. The predicted octanol–water partition coefficient (Wildman–Crippen LogP) is 3.48. The zero-order valence-corrected chi connectivity index (χ0v) is 13.4. The third-order valence-electron chi connectivity index (χ3n) is 4.05. The topological polar surface area (TPSA) is 47.7 Å². The van der Waals surface area contributed by atoms with E-state index >= 15 is 0 Å². The second-order valence-corrected chi connectivity index (χ2v) is 6.21. The third-order valence-corrected chi connectivity index (χ3v) is 4.05. The van der Waals surface area contributed by atoms with Gasteiger partial charge in [-0.25, -0.2) is 0 Å². The zero-order chi connectivity index (χ0) is 15.0. The molecule has 21 heavy (non-hydrogen) atoms. The highest BCUT2D eigenvalue weighted by atomic mass is 15.3. The highest BCUT2D eigenvalue weighted by Gasteiger charge is 2.27. The molecule has 1 fully saturated rings. The lowest BCUT2D eigenvalue weighted by Gasteiger charge is -2.11. The minimum absolute atomic E-state index is 0.397. The number of nitrogens with zero attached hydrogens (tertiary/aromatic N) is 4. The minimum Gasteiger partial charge on any atom is -0.377 e. The first-order chi connectivity index (χ1) is 10.1. The van der Waals surface area contributed by atoms with Crippen LogP contribution in [0.4, 0.5) is 5.69 Å². The summed E-state index contributed by atoms with van der Waals surface area (Å²) < 4.78 is 4.12. The Morgan fingerprint density at radius 1 is 1.33 bits per heavy atom. The SMILES string of the molecule is CCn1cc(NCc2cc(C3CC3)nn2C(C)C)c(C)n1. The van der Waals surface area contributed by atoms with Gasteiger partial charge >= 0.3 is 0 Å². The van der Waals surface area contributed by atoms with Crippen LogP contribution >= 0.6 is 0 Å². The van der Waals surface area contributed by atoms with E-state index in [9.17, 15) is 0 Å². The van der Waals surface area contributed by atoms with E-state index in [1.807, 2.05) is 11.6 Å². The van der Waals surface area contributed by atoms with Gasteiger partial charge in [0.1, 0.15) is 0 Å². The number of aromatic nitrogens is 4. The van der Waals surface area contributed by atoms with Crippen LogP contribution in [0, 0.1) is 6.92 Å². The van der Waals surface area contributed by atoms with Crippen molar-refractivity contribution < 1.29 is 0 Å². The molecule has 0 saturated heterocycles. The molecular formula is C16H25N5. The van der Waals surface area contributed by atoms with Gasteiger partial charge < -0.3 is 5.32 Å². The summed E-state index contributed by atoms with van der Waals surface area (Å²) in [5.74, 6) is 0.702. The Balaban J connectivity index is 1.75. The molecule has 0 amide bonds. The van der Waals surface area contributed by atoms with Crippen molar-refractivity contribution in [1.29, 1.82) is 0 Å². The molecule has 114 valence electrons. The second kappa shape index (κ2) is 5.54. The zero-order valence-electron chi connectivity index (χ0n) is 13.4. The van der Waals surface area contributed by atoms with Crippen LogP contribution in [0.25, 0.3) is 0 Å². The Morgan fingerprint density at radius 3 is 2.67 bits per heavy atom. The van der Waals surface area contributed by atoms with Gasteiger partial charge in [0.15, 0.2) is 0 Å². The quantitative estimate of drug-likeness (QED) is 0.885. The van der Waals surface area contributed by atoms with E-state index in [0.717, 1.165) is 24.5 Å². The van der Waals surface area contributed by atoms with Crippen LogP contribution in [0.1, 0.15) is 62.7 Å². The molecule has 5 nitrogen and oxygen atoms in total. The van der Waals surface area contributed by atoms with Gasteiger partial charge in [0, 0.05) is 24.7 Å². The van der Waals surface area contributed by atoms with Crippen molar-refractivity contribution in [3.63, 3.8) is 0 Å². The van der Waals surface area contributed by atoms with Crippen molar-refractivity contribution in [3.05, 3.63) is 29.3 Å². The average Bonchev–Trinajstić information content (AvgIpc) is 3.11. The van der Waals surface area contributed by atoms with E-state index in [4.69, 9.17) is 5.10 Å². The monoisotopic (exact) mass is 287 g/mol. The fourth-order valence-corrected chi connectivity index (χ4v) is 2.65. The molecule has 0 spiro atoms. The van der Waals surface area contributed by atoms with Gasteiger partial charge in [-0.2, -0.15) is 10.2 Å². The highest BCUT2D eigenvalue weighted by Crippen LogP contribution is 2.39. The van der Waals surface area contributed by atoms with Crippen LogP contribution in [-0.2, 0) is 13.1 Å². The fourth-order valence-electron chi connectivity index (χ4n) is 2.65. The van der Waals surface area contributed by atoms with E-state index in [1.54, 1.807) is 0 Å². The summed E-state index contributed by atoms with van der Waals surface area (Å²) in [6.45, 7) is 10.2. The summed E-state index contributed by atoms with van der Waals surface area (Å²) in [5.41, 5.74) is 4.69. The van der Waals surface area contributed by atoms with Crippen molar-refractivity contribution in [2.75, 3.05) is 5.32 Å². The fraction of sp³-hybridized carbons (Fsp3) is 0.625. The Hall–Kier alpha value is -1.78. The van der Waals surface area contributed by atoms with E-state index in [2.05, 4.69) is 48.1 Å². The van der Waals surface area contributed by atoms with Crippen LogP contribution in [-0.4, -0.2) is 19.6 Å². The third kappa shape index (κ3) is 2.96. The number of hydrogen-bond donors (Lipinski definition) is 1. The lowest BCUT2D eigenvalue weighted by atomic mass is 10.2. The molecule has 1 N–H and O–H groups in total. The van der Waals surface area contributed by atoms with Crippen molar-refractivity contribution in [2.45, 2.75) is 65.6 Å². The maximum absolute atomic E-state index is 4.78. The maximum atomic E-state index is 4.78. The van der Waals surface area contributed by atoms with Crippen LogP contribution in [0.15, 0.2) is 12.3 Å². The van der Waals surface area contributed by atoms with Crippen molar-refractivity contribution >= 4 is 5.69 Å². The van der Waals surface area contributed by atoms with Gasteiger partial charge in [0.2, 0.25) is 0 Å². The van der Waals surface area contributed by atoms with E-state index in [1.165, 1.54) is 24.2 Å². The Morgan fingerprint density at radius 2 is 2.10 bits per heavy atom. The van der Waals surface area contributed by atoms with Crippen LogP contribution < -0.4 is 5.32 Å². The average molecular weight is 287 g/mol. The van der Waals surface area contributed by atoms with Crippen LogP contribution in [0.5, 0.6) is 0 Å². The minimum atomic E-state index is 0.397. The summed E-state index contributed by atoms with van der Waals surface area (Å²) in [6.07, 6.45) is 4.67. The Kier molecular flexibility index (Phi) is 3.74. The Bertz CT molecular complexity index is 619. The van der Waals surface area contributed by atoms with Crippen LogP contribution in [0.2, 0.25) is 0 Å². The lowest BCUT2D eigenvalue weighted by Crippen LogP contribution is -2.11. The molecule has 1 aliphatic rings. The first kappa shape index (κ1) is 14.2. The molecule has 1 aliphatic carbocycles. The molecule has 0 radical (unpaired) electrons. The van der Waals surface area contributed by atoms with Crippen molar-refractivity contribution in [3.8, 4) is 0 Å². The van der Waals surface area contributed by atoms with Gasteiger partial charge in [0.25, 0.3) is 0 Å². The molecule has 3 rings (SSSR count). The van der Waals surface area contributed by atoms with Gasteiger partial charge in [-0.1, -0.05) is 0 Å². The number of aryl methyl sites for hydroxylation is 2.